The SMILES string of the molecule is NC(=O)c1cccc(OCCN2CCOCC2)c1C1=Nc2ccccc2Oc2ccccc21. The van der Waals surface area contributed by atoms with Crippen LogP contribution in [0.4, 0.5) is 5.69 Å². The van der Waals surface area contributed by atoms with E-state index in [1.54, 1.807) is 12.1 Å². The molecule has 0 atom stereocenters. The average molecular weight is 444 g/mol. The van der Waals surface area contributed by atoms with Gasteiger partial charge in [-0.1, -0.05) is 30.3 Å². The van der Waals surface area contributed by atoms with Crippen molar-refractivity contribution in [3.63, 3.8) is 0 Å². The molecule has 2 heterocycles. The minimum Gasteiger partial charge on any atom is -0.492 e. The summed E-state index contributed by atoms with van der Waals surface area (Å²) in [4.78, 5) is 19.7. The third-order valence-electron chi connectivity index (χ3n) is 5.76. The molecule has 0 unspecified atom stereocenters. The first kappa shape index (κ1) is 21.2. The molecule has 2 N–H and O–H groups in total. The zero-order valence-electron chi connectivity index (χ0n) is 18.2. The number of hydrogen-bond acceptors (Lipinski definition) is 6. The maximum Gasteiger partial charge on any atom is 0.249 e. The van der Waals surface area contributed by atoms with Gasteiger partial charge in [-0.15, -0.1) is 0 Å². The molecule has 7 heteroatoms. The van der Waals surface area contributed by atoms with Gasteiger partial charge in [-0.3, -0.25) is 9.69 Å². The summed E-state index contributed by atoms with van der Waals surface area (Å²) < 4.78 is 17.8. The van der Waals surface area contributed by atoms with Crippen LogP contribution in [-0.4, -0.2) is 56.0 Å². The van der Waals surface area contributed by atoms with Gasteiger partial charge in [-0.2, -0.15) is 0 Å². The van der Waals surface area contributed by atoms with Crippen molar-refractivity contribution in [3.8, 4) is 17.2 Å². The van der Waals surface area contributed by atoms with E-state index in [0.29, 0.717) is 46.4 Å². The number of morpholine rings is 1. The van der Waals surface area contributed by atoms with Gasteiger partial charge in [0.15, 0.2) is 5.75 Å². The molecule has 3 aromatic carbocycles. The van der Waals surface area contributed by atoms with Gasteiger partial charge in [0.05, 0.1) is 30.1 Å². The fourth-order valence-corrected chi connectivity index (χ4v) is 4.09. The second kappa shape index (κ2) is 9.44. The van der Waals surface area contributed by atoms with Gasteiger partial charge in [0.25, 0.3) is 0 Å². The predicted octanol–water partition coefficient (Wildman–Crippen LogP) is 3.77. The highest BCUT2D eigenvalue weighted by Gasteiger charge is 2.26. The Morgan fingerprint density at radius 1 is 0.970 bits per heavy atom. The van der Waals surface area contributed by atoms with Crippen LogP contribution in [-0.2, 0) is 4.74 Å². The Bertz CT molecular complexity index is 1200. The first-order valence-corrected chi connectivity index (χ1v) is 11.0. The largest absolute Gasteiger partial charge is 0.492 e. The maximum absolute atomic E-state index is 12.4. The molecule has 0 aliphatic carbocycles. The number of benzene rings is 3. The molecule has 2 aliphatic rings. The first-order valence-electron chi connectivity index (χ1n) is 11.0. The van der Waals surface area contributed by atoms with Crippen LogP contribution in [0.3, 0.4) is 0 Å². The number of nitrogens with zero attached hydrogens (tertiary/aromatic N) is 2. The summed E-state index contributed by atoms with van der Waals surface area (Å²) >= 11 is 0. The molecular formula is C26H25N3O4. The van der Waals surface area contributed by atoms with Gasteiger partial charge >= 0.3 is 0 Å². The third kappa shape index (κ3) is 4.46. The number of primary amides is 1. The topological polar surface area (TPSA) is 86.4 Å². The van der Waals surface area contributed by atoms with Crippen molar-refractivity contribution in [3.05, 3.63) is 83.4 Å². The average Bonchev–Trinajstić information content (AvgIpc) is 3.01. The van der Waals surface area contributed by atoms with Gasteiger partial charge in [0.1, 0.15) is 23.8 Å². The number of para-hydroxylation sites is 3. The zero-order valence-corrected chi connectivity index (χ0v) is 18.2. The smallest absolute Gasteiger partial charge is 0.249 e. The summed E-state index contributed by atoms with van der Waals surface area (Å²) in [5, 5.41) is 0. The number of nitrogens with two attached hydrogens (primary N) is 1. The molecule has 3 aromatic rings. The van der Waals surface area contributed by atoms with E-state index >= 15 is 0 Å². The van der Waals surface area contributed by atoms with E-state index in [0.717, 1.165) is 38.4 Å². The minimum atomic E-state index is -0.540. The van der Waals surface area contributed by atoms with Crippen molar-refractivity contribution in [1.82, 2.24) is 4.90 Å². The van der Waals surface area contributed by atoms with Gasteiger partial charge in [0, 0.05) is 25.2 Å². The second-order valence-corrected chi connectivity index (χ2v) is 7.87. The van der Waals surface area contributed by atoms with E-state index in [1.807, 2.05) is 54.6 Å². The van der Waals surface area contributed by atoms with Crippen LogP contribution in [0, 0.1) is 0 Å². The normalized spacial score (nSPS) is 15.5. The molecule has 0 saturated carbocycles. The lowest BCUT2D eigenvalue weighted by Gasteiger charge is -2.26. The minimum absolute atomic E-state index is 0.354. The molecule has 0 spiro atoms. The van der Waals surface area contributed by atoms with Crippen LogP contribution < -0.4 is 15.2 Å². The van der Waals surface area contributed by atoms with Crippen LogP contribution in [0.5, 0.6) is 17.2 Å². The van der Waals surface area contributed by atoms with Crippen molar-refractivity contribution in [2.24, 2.45) is 10.7 Å². The molecule has 7 nitrogen and oxygen atoms in total. The summed E-state index contributed by atoms with van der Waals surface area (Å²) in [6.45, 7) is 4.46. The lowest BCUT2D eigenvalue weighted by atomic mass is 9.95. The Labute approximate surface area is 192 Å². The summed E-state index contributed by atoms with van der Waals surface area (Å²) in [6.07, 6.45) is 0. The van der Waals surface area contributed by atoms with Crippen molar-refractivity contribution in [1.29, 1.82) is 0 Å². The molecule has 1 saturated heterocycles. The fourth-order valence-electron chi connectivity index (χ4n) is 4.09. The Kier molecular flexibility index (Phi) is 6.06. The fraction of sp³-hybridized carbons (Fsp3) is 0.231. The highest BCUT2D eigenvalue weighted by Crippen LogP contribution is 2.40. The van der Waals surface area contributed by atoms with Gasteiger partial charge in [0.2, 0.25) is 5.91 Å². The van der Waals surface area contributed by atoms with Crippen LogP contribution >= 0.6 is 0 Å². The lowest BCUT2D eigenvalue weighted by molar-refractivity contribution is 0.0322. The van der Waals surface area contributed by atoms with Crippen molar-refractivity contribution >= 4 is 17.3 Å². The van der Waals surface area contributed by atoms with Gasteiger partial charge in [-0.05, 0) is 36.4 Å². The highest BCUT2D eigenvalue weighted by atomic mass is 16.5. The number of fused-ring (bicyclic) bond motifs is 2. The number of amides is 1. The Morgan fingerprint density at radius 3 is 2.55 bits per heavy atom. The molecule has 0 radical (unpaired) electrons. The number of carbonyl (C=O) groups is 1. The number of carbonyl (C=O) groups excluding carboxylic acids is 1. The molecule has 5 rings (SSSR count). The van der Waals surface area contributed by atoms with Crippen LogP contribution in [0.2, 0.25) is 0 Å². The van der Waals surface area contributed by atoms with Crippen molar-refractivity contribution in [2.75, 3.05) is 39.5 Å². The number of aliphatic imine (C=N–C) groups is 1. The Hall–Kier alpha value is -3.68. The Balaban J connectivity index is 1.58. The zero-order chi connectivity index (χ0) is 22.6. The first-order chi connectivity index (χ1) is 16.2. The number of rotatable bonds is 6. The van der Waals surface area contributed by atoms with E-state index in [2.05, 4.69) is 4.90 Å². The maximum atomic E-state index is 12.4. The molecule has 1 amide bonds. The summed E-state index contributed by atoms with van der Waals surface area (Å²) in [5.74, 6) is 1.32. The van der Waals surface area contributed by atoms with Gasteiger partial charge in [-0.25, -0.2) is 4.99 Å². The quantitative estimate of drug-likeness (QED) is 0.490. The van der Waals surface area contributed by atoms with Crippen LogP contribution in [0.15, 0.2) is 71.7 Å². The van der Waals surface area contributed by atoms with Crippen molar-refractivity contribution in [2.45, 2.75) is 0 Å². The lowest BCUT2D eigenvalue weighted by Crippen LogP contribution is -2.38. The van der Waals surface area contributed by atoms with E-state index in [9.17, 15) is 4.79 Å². The molecule has 33 heavy (non-hydrogen) atoms. The second-order valence-electron chi connectivity index (χ2n) is 7.87. The van der Waals surface area contributed by atoms with Crippen LogP contribution in [0.1, 0.15) is 21.5 Å². The predicted molar refractivity (Wildman–Crippen MR) is 126 cm³/mol. The van der Waals surface area contributed by atoms with E-state index in [1.165, 1.54) is 0 Å². The molecular weight excluding hydrogens is 418 g/mol. The Morgan fingerprint density at radius 2 is 1.73 bits per heavy atom. The third-order valence-corrected chi connectivity index (χ3v) is 5.76. The van der Waals surface area contributed by atoms with Gasteiger partial charge < -0.3 is 19.9 Å². The number of hydrogen-bond donors (Lipinski definition) is 1. The van der Waals surface area contributed by atoms with E-state index in [-0.39, 0.29) is 0 Å². The molecule has 1 fully saturated rings. The van der Waals surface area contributed by atoms with E-state index < -0.39 is 5.91 Å². The van der Waals surface area contributed by atoms with Crippen molar-refractivity contribution < 1.29 is 19.0 Å². The summed E-state index contributed by atoms with van der Waals surface area (Å²) in [7, 11) is 0. The highest BCUT2D eigenvalue weighted by molar-refractivity contribution is 6.21. The molecule has 168 valence electrons. The number of ether oxygens (including phenoxy) is 3. The summed E-state index contributed by atoms with van der Waals surface area (Å²) in [5.41, 5.74) is 8.73. The molecule has 0 aromatic heterocycles. The summed E-state index contributed by atoms with van der Waals surface area (Å²) in [6, 6.07) is 20.5. The van der Waals surface area contributed by atoms with E-state index in [4.69, 9.17) is 24.9 Å². The monoisotopic (exact) mass is 443 g/mol. The molecule has 2 aliphatic heterocycles. The van der Waals surface area contributed by atoms with Crippen LogP contribution in [0.25, 0.3) is 0 Å². The standard InChI is InChI=1S/C26H25N3O4/c27-26(30)19-7-5-11-23(32-17-14-29-12-15-31-16-13-29)24(19)25-18-6-1-3-9-21(18)33-22-10-4-2-8-20(22)28-25/h1-11H,12-17H2,(H2,27,30). The molecule has 0 bridgehead atoms.